The third-order valence-electron chi connectivity index (χ3n) is 2.88. The van der Waals surface area contributed by atoms with E-state index in [4.69, 9.17) is 5.11 Å². The summed E-state index contributed by atoms with van der Waals surface area (Å²) in [6, 6.07) is -0.806. The molecule has 2 unspecified atom stereocenters. The summed E-state index contributed by atoms with van der Waals surface area (Å²) in [6.07, 6.45) is 0. The number of carboxylic acids is 1. The number of aliphatic carboxylic acids is 1. The summed E-state index contributed by atoms with van der Waals surface area (Å²) >= 11 is 1.42. The van der Waals surface area contributed by atoms with Crippen LogP contribution in [0.4, 0.5) is 0 Å². The predicted octanol–water partition coefficient (Wildman–Crippen LogP) is 0.523. The fourth-order valence-electron chi connectivity index (χ4n) is 1.72. The lowest BCUT2D eigenvalue weighted by molar-refractivity contribution is -0.148. The van der Waals surface area contributed by atoms with Crippen molar-refractivity contribution in [3.8, 4) is 0 Å². The molecule has 0 aromatic rings. The molecule has 1 fully saturated rings. The standard InChI is InChI=1S/C12H20N2O4S/c1-7-14(8(6-19-7)10(16)17)9(15)5-13-11(18)12(2,3)4/h7-8H,5-6H2,1-4H3,(H,13,18)(H,16,17). The van der Waals surface area contributed by atoms with Gasteiger partial charge in [-0.2, -0.15) is 0 Å². The second-order valence-corrected chi connectivity index (χ2v) is 6.87. The van der Waals surface area contributed by atoms with E-state index in [0.717, 1.165) is 0 Å². The number of carboxylic acid groups (broad SMARTS) is 1. The van der Waals surface area contributed by atoms with Gasteiger partial charge in [0.15, 0.2) is 0 Å². The molecule has 1 heterocycles. The average molecular weight is 288 g/mol. The summed E-state index contributed by atoms with van der Waals surface area (Å²) in [5.74, 6) is -1.21. The van der Waals surface area contributed by atoms with Crippen LogP contribution in [0.1, 0.15) is 27.7 Å². The van der Waals surface area contributed by atoms with Crippen LogP contribution in [-0.4, -0.2) is 51.5 Å². The largest absolute Gasteiger partial charge is 0.480 e. The number of carbonyl (C=O) groups is 3. The van der Waals surface area contributed by atoms with Gasteiger partial charge in [0, 0.05) is 11.2 Å². The first-order valence-electron chi connectivity index (χ1n) is 6.08. The van der Waals surface area contributed by atoms with Gasteiger partial charge in [0.05, 0.1) is 11.9 Å². The number of hydrogen-bond donors (Lipinski definition) is 2. The number of hydrogen-bond acceptors (Lipinski definition) is 4. The van der Waals surface area contributed by atoms with E-state index in [0.29, 0.717) is 5.75 Å². The lowest BCUT2D eigenvalue weighted by atomic mass is 9.96. The van der Waals surface area contributed by atoms with Crippen LogP contribution in [0.5, 0.6) is 0 Å². The first-order chi connectivity index (χ1) is 8.64. The van der Waals surface area contributed by atoms with Crippen LogP contribution in [0.25, 0.3) is 0 Å². The van der Waals surface area contributed by atoms with E-state index >= 15 is 0 Å². The fraction of sp³-hybridized carbons (Fsp3) is 0.750. The highest BCUT2D eigenvalue weighted by atomic mass is 32.2. The minimum atomic E-state index is -1.01. The van der Waals surface area contributed by atoms with Crippen LogP contribution in [0.2, 0.25) is 0 Å². The van der Waals surface area contributed by atoms with Crippen molar-refractivity contribution >= 4 is 29.5 Å². The normalized spacial score (nSPS) is 23.3. The van der Waals surface area contributed by atoms with Gasteiger partial charge >= 0.3 is 5.97 Å². The highest BCUT2D eigenvalue weighted by molar-refractivity contribution is 8.00. The Morgan fingerprint density at radius 3 is 2.42 bits per heavy atom. The number of nitrogens with zero attached hydrogens (tertiary/aromatic N) is 1. The minimum absolute atomic E-state index is 0.162. The smallest absolute Gasteiger partial charge is 0.327 e. The van der Waals surface area contributed by atoms with Crippen molar-refractivity contribution in [2.75, 3.05) is 12.3 Å². The van der Waals surface area contributed by atoms with E-state index in [1.54, 1.807) is 27.7 Å². The molecule has 1 aliphatic heterocycles. The summed E-state index contributed by atoms with van der Waals surface area (Å²) in [5.41, 5.74) is -0.572. The van der Waals surface area contributed by atoms with Crippen molar-refractivity contribution in [3.63, 3.8) is 0 Å². The molecular weight excluding hydrogens is 268 g/mol. The summed E-state index contributed by atoms with van der Waals surface area (Å²) in [4.78, 5) is 36.1. The van der Waals surface area contributed by atoms with Gasteiger partial charge in [-0.3, -0.25) is 9.59 Å². The van der Waals surface area contributed by atoms with Gasteiger partial charge in [-0.25, -0.2) is 4.79 Å². The Morgan fingerprint density at radius 1 is 1.37 bits per heavy atom. The number of amides is 2. The van der Waals surface area contributed by atoms with Crippen LogP contribution in [0.15, 0.2) is 0 Å². The summed E-state index contributed by atoms with van der Waals surface area (Å²) in [5, 5.41) is 11.4. The van der Waals surface area contributed by atoms with Crippen LogP contribution >= 0.6 is 11.8 Å². The van der Waals surface area contributed by atoms with Gasteiger partial charge in [-0.15, -0.1) is 11.8 Å². The Bertz CT molecular complexity index is 392. The van der Waals surface area contributed by atoms with E-state index in [-0.39, 0.29) is 23.7 Å². The van der Waals surface area contributed by atoms with Crippen LogP contribution < -0.4 is 5.32 Å². The zero-order chi connectivity index (χ0) is 14.8. The summed E-state index contributed by atoms with van der Waals surface area (Å²) in [6.45, 7) is 6.88. The third kappa shape index (κ3) is 3.86. The van der Waals surface area contributed by atoms with Gasteiger partial charge in [0.25, 0.3) is 0 Å². The van der Waals surface area contributed by atoms with E-state index in [1.165, 1.54) is 16.7 Å². The molecule has 19 heavy (non-hydrogen) atoms. The zero-order valence-electron chi connectivity index (χ0n) is 11.6. The Hall–Kier alpha value is -1.24. The molecule has 0 aromatic carbocycles. The van der Waals surface area contributed by atoms with Crippen LogP contribution in [-0.2, 0) is 14.4 Å². The molecule has 0 radical (unpaired) electrons. The maximum Gasteiger partial charge on any atom is 0.327 e. The van der Waals surface area contributed by atoms with Crippen LogP contribution in [0.3, 0.4) is 0 Å². The topological polar surface area (TPSA) is 86.7 Å². The van der Waals surface area contributed by atoms with Crippen molar-refractivity contribution in [1.82, 2.24) is 10.2 Å². The Morgan fingerprint density at radius 2 is 1.95 bits per heavy atom. The molecule has 108 valence electrons. The molecule has 2 amide bonds. The Balaban J connectivity index is 2.62. The molecule has 0 aromatic heterocycles. The van der Waals surface area contributed by atoms with Crippen molar-refractivity contribution in [3.05, 3.63) is 0 Å². The van der Waals surface area contributed by atoms with E-state index < -0.39 is 17.4 Å². The first kappa shape index (κ1) is 15.8. The number of rotatable bonds is 3. The molecular formula is C12H20N2O4S. The molecule has 0 saturated carbocycles. The van der Waals surface area contributed by atoms with E-state index in [2.05, 4.69) is 5.32 Å². The predicted molar refractivity (Wildman–Crippen MR) is 72.7 cm³/mol. The summed E-state index contributed by atoms with van der Waals surface area (Å²) in [7, 11) is 0. The number of thioether (sulfide) groups is 1. The molecule has 2 atom stereocenters. The lowest BCUT2D eigenvalue weighted by Gasteiger charge is -2.26. The number of nitrogens with one attached hydrogen (secondary N) is 1. The quantitative estimate of drug-likeness (QED) is 0.791. The second kappa shape index (κ2) is 5.81. The Labute approximate surface area is 116 Å². The zero-order valence-corrected chi connectivity index (χ0v) is 12.4. The molecule has 1 rings (SSSR count). The number of carbonyl (C=O) groups excluding carboxylic acids is 2. The van der Waals surface area contributed by atoms with Gasteiger partial charge in [-0.1, -0.05) is 20.8 Å². The first-order valence-corrected chi connectivity index (χ1v) is 7.13. The molecule has 0 bridgehead atoms. The van der Waals surface area contributed by atoms with Crippen molar-refractivity contribution in [2.24, 2.45) is 5.41 Å². The van der Waals surface area contributed by atoms with Crippen LogP contribution in [0, 0.1) is 5.41 Å². The maximum atomic E-state index is 12.0. The highest BCUT2D eigenvalue weighted by Gasteiger charge is 2.39. The molecule has 0 spiro atoms. The van der Waals surface area contributed by atoms with Gasteiger partial charge in [-0.05, 0) is 6.92 Å². The second-order valence-electron chi connectivity index (χ2n) is 5.52. The van der Waals surface area contributed by atoms with Crippen molar-refractivity contribution in [2.45, 2.75) is 39.1 Å². The summed E-state index contributed by atoms with van der Waals surface area (Å²) < 4.78 is 0. The SMILES string of the molecule is CC1SCC(C(=O)O)N1C(=O)CNC(=O)C(C)(C)C. The molecule has 1 saturated heterocycles. The van der Waals surface area contributed by atoms with Gasteiger partial charge in [0.1, 0.15) is 6.04 Å². The molecule has 6 nitrogen and oxygen atoms in total. The van der Waals surface area contributed by atoms with Crippen molar-refractivity contribution < 1.29 is 19.5 Å². The van der Waals surface area contributed by atoms with E-state index in [1.807, 2.05) is 0 Å². The lowest BCUT2D eigenvalue weighted by Crippen LogP contribution is -2.49. The molecule has 1 aliphatic rings. The highest BCUT2D eigenvalue weighted by Crippen LogP contribution is 2.28. The molecule has 7 heteroatoms. The van der Waals surface area contributed by atoms with E-state index in [9.17, 15) is 14.4 Å². The molecule has 0 aliphatic carbocycles. The van der Waals surface area contributed by atoms with Crippen molar-refractivity contribution in [1.29, 1.82) is 0 Å². The maximum absolute atomic E-state index is 12.0. The molecule has 2 N–H and O–H groups in total. The fourth-order valence-corrected chi connectivity index (χ4v) is 2.91. The third-order valence-corrected chi connectivity index (χ3v) is 4.09. The van der Waals surface area contributed by atoms with Gasteiger partial charge < -0.3 is 15.3 Å². The monoisotopic (exact) mass is 288 g/mol. The Kier molecular flexibility index (Phi) is 4.84. The minimum Gasteiger partial charge on any atom is -0.480 e. The van der Waals surface area contributed by atoms with Gasteiger partial charge in [0.2, 0.25) is 11.8 Å². The average Bonchev–Trinajstić information content (AvgIpc) is 2.66.